The Balaban J connectivity index is 2.89. The Labute approximate surface area is 138 Å². The number of nitrogens with one attached hydrogen (secondary N) is 1. The summed E-state index contributed by atoms with van der Waals surface area (Å²) in [6, 6.07) is 7.79. The molecule has 0 aliphatic heterocycles. The van der Waals surface area contributed by atoms with Crippen molar-refractivity contribution in [3.63, 3.8) is 0 Å². The second-order valence-electron chi connectivity index (χ2n) is 6.95. The lowest BCUT2D eigenvalue weighted by Gasteiger charge is -2.28. The number of aryl methyl sites for hydroxylation is 1. The third-order valence-corrected chi connectivity index (χ3v) is 5.30. The van der Waals surface area contributed by atoms with Crippen LogP contribution in [-0.2, 0) is 11.0 Å². The van der Waals surface area contributed by atoms with Crippen LogP contribution in [0.15, 0.2) is 24.3 Å². The molecular formula is C18H31NO2S. The molecule has 1 aromatic rings. The summed E-state index contributed by atoms with van der Waals surface area (Å²) in [5.41, 5.74) is 2.17. The van der Waals surface area contributed by atoms with Crippen molar-refractivity contribution in [1.82, 2.24) is 4.72 Å². The predicted molar refractivity (Wildman–Crippen MR) is 95.1 cm³/mol. The lowest BCUT2D eigenvalue weighted by Crippen LogP contribution is -2.40. The molecule has 22 heavy (non-hydrogen) atoms. The topological polar surface area (TPSA) is 49.3 Å². The molecule has 0 saturated heterocycles. The van der Waals surface area contributed by atoms with Crippen LogP contribution < -0.4 is 4.72 Å². The number of hydrogen-bond acceptors (Lipinski definition) is 2. The molecule has 3 nitrogen and oxygen atoms in total. The quantitative estimate of drug-likeness (QED) is 0.709. The minimum Gasteiger partial charge on any atom is -0.391 e. The summed E-state index contributed by atoms with van der Waals surface area (Å²) < 4.78 is 15.2. The molecule has 0 fully saturated rings. The molecular weight excluding hydrogens is 294 g/mol. The van der Waals surface area contributed by atoms with E-state index in [1.807, 2.05) is 52.0 Å². The van der Waals surface area contributed by atoms with Gasteiger partial charge in [0.1, 0.15) is 0 Å². The number of unbranched alkanes of at least 4 members (excludes halogenated alkanes) is 2. The van der Waals surface area contributed by atoms with E-state index in [0.29, 0.717) is 0 Å². The molecule has 0 bridgehead atoms. The Morgan fingerprint density at radius 1 is 1.18 bits per heavy atom. The molecule has 1 aromatic carbocycles. The lowest BCUT2D eigenvalue weighted by atomic mass is 9.97. The number of aliphatic hydroxyl groups excluding tert-OH is 1. The van der Waals surface area contributed by atoms with Gasteiger partial charge in [0.25, 0.3) is 0 Å². The van der Waals surface area contributed by atoms with E-state index in [9.17, 15) is 9.32 Å². The fraction of sp³-hybridized carbons (Fsp3) is 0.667. The SMILES string of the molecule is CCCCC[C@@H](O)[C@@H](NS(=O)C(C)(C)C)c1ccc(C)cc1. The molecule has 0 aliphatic rings. The van der Waals surface area contributed by atoms with Gasteiger partial charge in [0.05, 0.1) is 27.9 Å². The highest BCUT2D eigenvalue weighted by atomic mass is 32.2. The molecule has 0 amide bonds. The van der Waals surface area contributed by atoms with Gasteiger partial charge < -0.3 is 5.11 Å². The summed E-state index contributed by atoms with van der Waals surface area (Å²) in [5.74, 6) is 0. The van der Waals surface area contributed by atoms with Gasteiger partial charge in [-0.25, -0.2) is 8.93 Å². The highest BCUT2D eigenvalue weighted by molar-refractivity contribution is 7.84. The zero-order chi connectivity index (χ0) is 16.8. The highest BCUT2D eigenvalue weighted by Crippen LogP contribution is 2.24. The minimum absolute atomic E-state index is 0.294. The van der Waals surface area contributed by atoms with Crippen LogP contribution in [-0.4, -0.2) is 20.2 Å². The second-order valence-corrected chi connectivity index (χ2v) is 8.95. The van der Waals surface area contributed by atoms with Gasteiger partial charge in [-0.05, 0) is 39.7 Å². The van der Waals surface area contributed by atoms with Crippen LogP contribution in [0.5, 0.6) is 0 Å². The van der Waals surface area contributed by atoms with Crippen LogP contribution >= 0.6 is 0 Å². The van der Waals surface area contributed by atoms with E-state index in [0.717, 1.165) is 31.2 Å². The van der Waals surface area contributed by atoms with Crippen molar-refractivity contribution in [2.24, 2.45) is 0 Å². The van der Waals surface area contributed by atoms with E-state index in [1.165, 1.54) is 5.56 Å². The molecule has 0 heterocycles. The standard InChI is InChI=1S/C18H31NO2S/c1-6-7-8-9-16(20)17(19-22(21)18(3,4)5)15-12-10-14(2)11-13-15/h10-13,16-17,19-20H,6-9H2,1-5H3/t16-,17+,22?/m1/s1. The van der Waals surface area contributed by atoms with Crippen LogP contribution in [0, 0.1) is 6.92 Å². The summed E-state index contributed by atoms with van der Waals surface area (Å²) in [6.07, 6.45) is 3.43. The average molecular weight is 326 g/mol. The molecule has 0 aliphatic carbocycles. The van der Waals surface area contributed by atoms with Gasteiger partial charge in [-0.3, -0.25) is 0 Å². The van der Waals surface area contributed by atoms with Crippen molar-refractivity contribution in [3.05, 3.63) is 35.4 Å². The first kappa shape index (κ1) is 19.3. The summed E-state index contributed by atoms with van der Waals surface area (Å²) in [5, 5.41) is 10.6. The summed E-state index contributed by atoms with van der Waals surface area (Å²) >= 11 is 0. The van der Waals surface area contributed by atoms with Gasteiger partial charge in [-0.2, -0.15) is 0 Å². The van der Waals surface area contributed by atoms with Crippen LogP contribution in [0.1, 0.15) is 70.5 Å². The summed E-state index contributed by atoms with van der Waals surface area (Å²) in [4.78, 5) is 0. The van der Waals surface area contributed by atoms with Crippen molar-refractivity contribution in [3.8, 4) is 0 Å². The lowest BCUT2D eigenvalue weighted by molar-refractivity contribution is 0.125. The molecule has 2 N–H and O–H groups in total. The van der Waals surface area contributed by atoms with E-state index >= 15 is 0 Å². The first-order chi connectivity index (χ1) is 10.3. The monoisotopic (exact) mass is 325 g/mol. The maximum atomic E-state index is 12.4. The van der Waals surface area contributed by atoms with Crippen molar-refractivity contribution < 1.29 is 9.32 Å². The van der Waals surface area contributed by atoms with Crippen LogP contribution in [0.3, 0.4) is 0 Å². The largest absolute Gasteiger partial charge is 0.391 e. The molecule has 0 saturated carbocycles. The fourth-order valence-electron chi connectivity index (χ4n) is 2.20. The Kier molecular flexibility index (Phi) is 7.74. The molecule has 1 rings (SSSR count). The van der Waals surface area contributed by atoms with Gasteiger partial charge in [0, 0.05) is 0 Å². The van der Waals surface area contributed by atoms with Crippen LogP contribution in [0.25, 0.3) is 0 Å². The van der Waals surface area contributed by atoms with Crippen LogP contribution in [0.4, 0.5) is 0 Å². The fourth-order valence-corrected chi connectivity index (χ4v) is 3.08. The molecule has 4 heteroatoms. The number of aliphatic hydroxyl groups is 1. The highest BCUT2D eigenvalue weighted by Gasteiger charge is 2.27. The maximum Gasteiger partial charge on any atom is 0.0976 e. The van der Waals surface area contributed by atoms with Crippen molar-refractivity contribution in [1.29, 1.82) is 0 Å². The Morgan fingerprint density at radius 3 is 2.27 bits per heavy atom. The Morgan fingerprint density at radius 2 is 1.77 bits per heavy atom. The Bertz CT molecular complexity index is 465. The smallest absolute Gasteiger partial charge is 0.0976 e. The summed E-state index contributed by atoms with van der Waals surface area (Å²) in [7, 11) is -1.21. The predicted octanol–water partition coefficient (Wildman–Crippen LogP) is 4.03. The van der Waals surface area contributed by atoms with Gasteiger partial charge in [-0.1, -0.05) is 56.0 Å². The third kappa shape index (κ3) is 6.19. The van der Waals surface area contributed by atoms with E-state index < -0.39 is 17.1 Å². The zero-order valence-electron chi connectivity index (χ0n) is 14.6. The molecule has 3 atom stereocenters. The van der Waals surface area contributed by atoms with E-state index in [-0.39, 0.29) is 10.8 Å². The average Bonchev–Trinajstić information content (AvgIpc) is 2.44. The minimum atomic E-state index is -1.21. The van der Waals surface area contributed by atoms with Gasteiger partial charge in [0.15, 0.2) is 0 Å². The summed E-state index contributed by atoms with van der Waals surface area (Å²) in [6.45, 7) is 10.00. The van der Waals surface area contributed by atoms with Crippen LogP contribution in [0.2, 0.25) is 0 Å². The number of hydrogen-bond donors (Lipinski definition) is 2. The third-order valence-electron chi connectivity index (χ3n) is 3.71. The van der Waals surface area contributed by atoms with Gasteiger partial charge in [0.2, 0.25) is 0 Å². The number of benzene rings is 1. The molecule has 0 radical (unpaired) electrons. The molecule has 1 unspecified atom stereocenters. The van der Waals surface area contributed by atoms with Gasteiger partial charge in [-0.15, -0.1) is 0 Å². The van der Waals surface area contributed by atoms with Gasteiger partial charge >= 0.3 is 0 Å². The molecule has 0 aromatic heterocycles. The Hall–Kier alpha value is -0.710. The van der Waals surface area contributed by atoms with E-state index in [2.05, 4.69) is 11.6 Å². The van der Waals surface area contributed by atoms with E-state index in [4.69, 9.17) is 0 Å². The maximum absolute atomic E-state index is 12.4. The van der Waals surface area contributed by atoms with Crippen molar-refractivity contribution in [2.75, 3.05) is 0 Å². The first-order valence-corrected chi connectivity index (χ1v) is 9.33. The normalized spacial score (nSPS) is 16.3. The molecule has 126 valence electrons. The van der Waals surface area contributed by atoms with Crippen molar-refractivity contribution >= 4 is 11.0 Å². The van der Waals surface area contributed by atoms with Crippen molar-refractivity contribution in [2.45, 2.75) is 77.2 Å². The zero-order valence-corrected chi connectivity index (χ0v) is 15.4. The first-order valence-electron chi connectivity index (χ1n) is 8.18. The number of rotatable bonds is 8. The van der Waals surface area contributed by atoms with E-state index in [1.54, 1.807) is 0 Å². The second kappa shape index (κ2) is 8.80. The molecule has 0 spiro atoms.